The number of aliphatic hydroxyl groups is 1. The Morgan fingerprint density at radius 1 is 1.03 bits per heavy atom. The van der Waals surface area contributed by atoms with Crippen LogP contribution in [-0.2, 0) is 20.1 Å². The van der Waals surface area contributed by atoms with Crippen molar-refractivity contribution < 1.29 is 5.11 Å². The summed E-state index contributed by atoms with van der Waals surface area (Å²) in [5, 5.41) is 9.70. The standard InChI is InChI=1S/C23H23ClN4O3/c1-15-8-10-16(11-9-15)14-28-19-21(25-20(28)17-6-3-4-7-18(17)24)26(2)23(31)27(22(19)30)12-5-13-29/h3-4,6-11,29H,5,12-14H2,1-2H3. The number of aryl methyl sites for hydroxylation is 2. The minimum Gasteiger partial charge on any atom is -0.396 e. The van der Waals surface area contributed by atoms with E-state index in [4.69, 9.17) is 11.6 Å². The number of halogens is 1. The Hall–Kier alpha value is -3.16. The number of fused-ring (bicyclic) bond motifs is 1. The molecule has 0 amide bonds. The molecule has 0 atom stereocenters. The van der Waals surface area contributed by atoms with Crippen LogP contribution in [0.25, 0.3) is 22.6 Å². The summed E-state index contributed by atoms with van der Waals surface area (Å²) < 4.78 is 4.35. The molecule has 0 radical (unpaired) electrons. The highest BCUT2D eigenvalue weighted by Gasteiger charge is 2.22. The fraction of sp³-hybridized carbons (Fsp3) is 0.261. The molecule has 31 heavy (non-hydrogen) atoms. The number of aromatic nitrogens is 4. The molecule has 0 bridgehead atoms. The van der Waals surface area contributed by atoms with E-state index in [1.807, 2.05) is 54.0 Å². The molecule has 8 heteroatoms. The van der Waals surface area contributed by atoms with Crippen LogP contribution in [0.3, 0.4) is 0 Å². The summed E-state index contributed by atoms with van der Waals surface area (Å²) in [5.41, 5.74) is 2.56. The number of imidazole rings is 1. The van der Waals surface area contributed by atoms with Crippen LogP contribution in [-0.4, -0.2) is 30.4 Å². The van der Waals surface area contributed by atoms with Gasteiger partial charge in [-0.05, 0) is 31.0 Å². The summed E-state index contributed by atoms with van der Waals surface area (Å²) in [6.45, 7) is 2.43. The third-order valence-corrected chi connectivity index (χ3v) is 5.68. The highest BCUT2D eigenvalue weighted by atomic mass is 35.5. The van der Waals surface area contributed by atoms with Crippen molar-refractivity contribution in [2.45, 2.75) is 26.4 Å². The molecule has 7 nitrogen and oxygen atoms in total. The highest BCUT2D eigenvalue weighted by Crippen LogP contribution is 2.29. The lowest BCUT2D eigenvalue weighted by Gasteiger charge is -2.12. The first-order valence-corrected chi connectivity index (χ1v) is 10.4. The molecule has 160 valence electrons. The highest BCUT2D eigenvalue weighted by molar-refractivity contribution is 6.33. The van der Waals surface area contributed by atoms with Gasteiger partial charge in [0.1, 0.15) is 5.82 Å². The molecule has 1 N–H and O–H groups in total. The molecule has 0 aliphatic rings. The third-order valence-electron chi connectivity index (χ3n) is 5.35. The van der Waals surface area contributed by atoms with E-state index in [0.717, 1.165) is 15.7 Å². The minimum atomic E-state index is -0.461. The lowest BCUT2D eigenvalue weighted by molar-refractivity contribution is 0.277. The van der Waals surface area contributed by atoms with Crippen LogP contribution < -0.4 is 11.2 Å². The molecular formula is C23H23ClN4O3. The van der Waals surface area contributed by atoms with Crippen molar-refractivity contribution in [1.82, 2.24) is 18.7 Å². The van der Waals surface area contributed by atoms with Gasteiger partial charge in [0.05, 0.1) is 5.02 Å². The Morgan fingerprint density at radius 2 is 1.74 bits per heavy atom. The molecule has 0 aliphatic heterocycles. The summed E-state index contributed by atoms with van der Waals surface area (Å²) in [7, 11) is 1.60. The first kappa shape index (κ1) is 21.1. The molecule has 4 aromatic rings. The van der Waals surface area contributed by atoms with E-state index in [1.54, 1.807) is 13.1 Å². The van der Waals surface area contributed by atoms with E-state index >= 15 is 0 Å². The lowest BCUT2D eigenvalue weighted by Crippen LogP contribution is -2.39. The maximum atomic E-state index is 13.4. The van der Waals surface area contributed by atoms with Crippen molar-refractivity contribution in [1.29, 1.82) is 0 Å². The van der Waals surface area contributed by atoms with Gasteiger partial charge in [0, 0.05) is 32.3 Å². The van der Waals surface area contributed by atoms with Crippen LogP contribution in [0.15, 0.2) is 58.1 Å². The van der Waals surface area contributed by atoms with Gasteiger partial charge in [-0.3, -0.25) is 13.9 Å². The number of aliphatic hydroxyl groups excluding tert-OH is 1. The number of nitrogens with zero attached hydrogens (tertiary/aromatic N) is 4. The smallest absolute Gasteiger partial charge is 0.332 e. The predicted molar refractivity (Wildman–Crippen MR) is 122 cm³/mol. The zero-order chi connectivity index (χ0) is 22.1. The maximum absolute atomic E-state index is 13.4. The number of hydrogen-bond acceptors (Lipinski definition) is 4. The molecule has 0 aliphatic carbocycles. The van der Waals surface area contributed by atoms with E-state index in [0.29, 0.717) is 40.5 Å². The van der Waals surface area contributed by atoms with E-state index < -0.39 is 11.2 Å². The van der Waals surface area contributed by atoms with Gasteiger partial charge in [0.2, 0.25) is 0 Å². The molecular weight excluding hydrogens is 416 g/mol. The summed E-state index contributed by atoms with van der Waals surface area (Å²) in [6, 6.07) is 15.3. The Kier molecular flexibility index (Phi) is 5.80. The van der Waals surface area contributed by atoms with Crippen molar-refractivity contribution in [3.63, 3.8) is 0 Å². The van der Waals surface area contributed by atoms with Crippen molar-refractivity contribution in [2.24, 2.45) is 7.05 Å². The summed E-state index contributed by atoms with van der Waals surface area (Å²) in [6.07, 6.45) is 0.310. The number of rotatable bonds is 6. The monoisotopic (exact) mass is 438 g/mol. The lowest BCUT2D eigenvalue weighted by atomic mass is 10.1. The van der Waals surface area contributed by atoms with Gasteiger partial charge in [-0.1, -0.05) is 53.6 Å². The van der Waals surface area contributed by atoms with Crippen LogP contribution in [0.2, 0.25) is 5.02 Å². The van der Waals surface area contributed by atoms with Crippen molar-refractivity contribution >= 4 is 22.8 Å². The molecule has 0 spiro atoms. The fourth-order valence-electron chi connectivity index (χ4n) is 3.68. The largest absolute Gasteiger partial charge is 0.396 e. The second-order valence-electron chi connectivity index (χ2n) is 7.53. The minimum absolute atomic E-state index is 0.110. The molecule has 2 heterocycles. The van der Waals surface area contributed by atoms with E-state index in [-0.39, 0.29) is 13.2 Å². The van der Waals surface area contributed by atoms with Crippen LogP contribution in [0, 0.1) is 6.92 Å². The van der Waals surface area contributed by atoms with E-state index in [2.05, 4.69) is 4.98 Å². The normalized spacial score (nSPS) is 11.4. The second-order valence-corrected chi connectivity index (χ2v) is 7.94. The van der Waals surface area contributed by atoms with Crippen LogP contribution in [0.5, 0.6) is 0 Å². The molecule has 0 unspecified atom stereocenters. The third kappa shape index (κ3) is 3.82. The second kappa shape index (κ2) is 8.53. The van der Waals surface area contributed by atoms with Gasteiger partial charge in [0.25, 0.3) is 5.56 Å². The van der Waals surface area contributed by atoms with Crippen molar-refractivity contribution in [3.8, 4) is 11.4 Å². The Bertz CT molecular complexity index is 1370. The fourth-order valence-corrected chi connectivity index (χ4v) is 3.90. The van der Waals surface area contributed by atoms with Crippen LogP contribution in [0.4, 0.5) is 0 Å². The van der Waals surface area contributed by atoms with Crippen LogP contribution in [0.1, 0.15) is 17.5 Å². The van der Waals surface area contributed by atoms with Crippen molar-refractivity contribution in [2.75, 3.05) is 6.61 Å². The first-order chi connectivity index (χ1) is 14.9. The van der Waals surface area contributed by atoms with Gasteiger partial charge < -0.3 is 9.67 Å². The van der Waals surface area contributed by atoms with E-state index in [1.165, 1.54) is 4.57 Å². The Balaban J connectivity index is 2.04. The Morgan fingerprint density at radius 3 is 2.42 bits per heavy atom. The quantitative estimate of drug-likeness (QED) is 0.501. The molecule has 4 rings (SSSR count). The first-order valence-electron chi connectivity index (χ1n) is 10.0. The zero-order valence-electron chi connectivity index (χ0n) is 17.4. The van der Waals surface area contributed by atoms with Crippen molar-refractivity contribution in [3.05, 3.63) is 85.5 Å². The van der Waals surface area contributed by atoms with E-state index in [9.17, 15) is 14.7 Å². The van der Waals surface area contributed by atoms with Gasteiger partial charge >= 0.3 is 5.69 Å². The summed E-state index contributed by atoms with van der Waals surface area (Å²) in [4.78, 5) is 30.9. The molecule has 0 fully saturated rings. The number of benzene rings is 2. The average Bonchev–Trinajstić information content (AvgIpc) is 3.13. The average molecular weight is 439 g/mol. The zero-order valence-corrected chi connectivity index (χ0v) is 18.1. The summed E-state index contributed by atoms with van der Waals surface area (Å²) in [5.74, 6) is 0.521. The summed E-state index contributed by atoms with van der Waals surface area (Å²) >= 11 is 6.46. The van der Waals surface area contributed by atoms with Gasteiger partial charge in [0.15, 0.2) is 11.2 Å². The van der Waals surface area contributed by atoms with Gasteiger partial charge in [-0.2, -0.15) is 0 Å². The topological polar surface area (TPSA) is 82.1 Å². The van der Waals surface area contributed by atoms with Crippen LogP contribution >= 0.6 is 11.6 Å². The number of hydrogen-bond donors (Lipinski definition) is 1. The van der Waals surface area contributed by atoms with Gasteiger partial charge in [-0.25, -0.2) is 9.78 Å². The molecule has 0 saturated carbocycles. The Labute approximate surface area is 183 Å². The molecule has 2 aromatic carbocycles. The molecule has 0 saturated heterocycles. The van der Waals surface area contributed by atoms with Gasteiger partial charge in [-0.15, -0.1) is 0 Å². The SMILES string of the molecule is Cc1ccc(Cn2c(-c3ccccc3Cl)nc3c2c(=O)n(CCCO)c(=O)n3C)cc1. The predicted octanol–water partition coefficient (Wildman–Crippen LogP) is 2.96. The maximum Gasteiger partial charge on any atom is 0.332 e. The molecule has 2 aromatic heterocycles.